The van der Waals surface area contributed by atoms with Crippen molar-refractivity contribution in [1.82, 2.24) is 19.8 Å². The highest BCUT2D eigenvalue weighted by molar-refractivity contribution is 7.90. The molecule has 1 aliphatic heterocycles. The Labute approximate surface area is 143 Å². The first-order valence-electron chi connectivity index (χ1n) is 7.25. The molecule has 0 aliphatic carbocycles. The van der Waals surface area contributed by atoms with Crippen molar-refractivity contribution >= 4 is 16.2 Å². The molecule has 1 aromatic heterocycles. The number of hydrogen-bond acceptors (Lipinski definition) is 7. The van der Waals surface area contributed by atoms with E-state index in [1.807, 2.05) is 0 Å². The number of aliphatic imine (C=N–C) groups is 1. The van der Waals surface area contributed by atoms with Crippen LogP contribution in [0.1, 0.15) is 25.1 Å². The lowest BCUT2D eigenvalue weighted by molar-refractivity contribution is -0.0875. The maximum absolute atomic E-state index is 13.0. The summed E-state index contributed by atoms with van der Waals surface area (Å²) in [5, 5.41) is 8.04. The molecular weight excluding hydrogens is 361 g/mol. The predicted octanol–water partition coefficient (Wildman–Crippen LogP) is 0.514. The fourth-order valence-electron chi connectivity index (χ4n) is 2.23. The molecule has 140 valence electrons. The smallest absolute Gasteiger partial charge is 0.374 e. The number of nitrogens with zero attached hydrogens (tertiary/aromatic N) is 3. The quantitative estimate of drug-likeness (QED) is 0.701. The van der Waals surface area contributed by atoms with Gasteiger partial charge >= 0.3 is 6.18 Å². The van der Waals surface area contributed by atoms with Crippen LogP contribution in [-0.4, -0.2) is 42.3 Å². The molecule has 0 saturated heterocycles. The fourth-order valence-corrected chi connectivity index (χ4v) is 3.15. The third kappa shape index (κ3) is 3.35. The number of nitrogens with two attached hydrogens (primary N) is 1. The van der Waals surface area contributed by atoms with E-state index in [1.54, 1.807) is 0 Å². The predicted molar refractivity (Wildman–Crippen MR) is 86.1 cm³/mol. The Morgan fingerprint density at radius 3 is 2.48 bits per heavy atom. The summed E-state index contributed by atoms with van der Waals surface area (Å²) in [6, 6.07) is 0. The lowest BCUT2D eigenvalue weighted by Gasteiger charge is -2.33. The van der Waals surface area contributed by atoms with Crippen LogP contribution in [0.2, 0.25) is 0 Å². The average molecular weight is 380 g/mol. The SMILES string of the molecule is CNC1=C(C(F)(F)F)C=NC(N)(c2cn(S(=O)(=O)C(C)C)nc2C)N1. The number of halogens is 3. The Hall–Kier alpha value is -2.08. The van der Waals surface area contributed by atoms with Gasteiger partial charge in [-0.2, -0.15) is 22.4 Å². The molecule has 0 bridgehead atoms. The van der Waals surface area contributed by atoms with Crippen molar-refractivity contribution in [2.24, 2.45) is 10.7 Å². The van der Waals surface area contributed by atoms with E-state index in [4.69, 9.17) is 5.73 Å². The topological polar surface area (TPSA) is 114 Å². The molecule has 1 aromatic rings. The highest BCUT2D eigenvalue weighted by atomic mass is 32.2. The number of hydrogen-bond donors (Lipinski definition) is 3. The van der Waals surface area contributed by atoms with Crippen LogP contribution in [-0.2, 0) is 15.8 Å². The Morgan fingerprint density at radius 1 is 1.40 bits per heavy atom. The van der Waals surface area contributed by atoms with Crippen molar-refractivity contribution in [2.75, 3.05) is 7.05 Å². The number of aromatic nitrogens is 2. The zero-order valence-corrected chi connectivity index (χ0v) is 14.8. The summed E-state index contributed by atoms with van der Waals surface area (Å²) in [6.07, 6.45) is -2.87. The van der Waals surface area contributed by atoms with Gasteiger partial charge in [-0.25, -0.2) is 13.4 Å². The van der Waals surface area contributed by atoms with Crippen molar-refractivity contribution in [2.45, 2.75) is 38.0 Å². The largest absolute Gasteiger partial charge is 0.421 e. The summed E-state index contributed by atoms with van der Waals surface area (Å²) >= 11 is 0. The fraction of sp³-hybridized carbons (Fsp3) is 0.538. The highest BCUT2D eigenvalue weighted by Crippen LogP contribution is 2.31. The Bertz CT molecular complexity index is 840. The molecule has 0 spiro atoms. The van der Waals surface area contributed by atoms with E-state index in [-0.39, 0.29) is 17.1 Å². The van der Waals surface area contributed by atoms with Crippen LogP contribution in [0.3, 0.4) is 0 Å². The van der Waals surface area contributed by atoms with Gasteiger partial charge in [0.2, 0.25) is 5.79 Å². The summed E-state index contributed by atoms with van der Waals surface area (Å²) in [6.45, 7) is 4.47. The van der Waals surface area contributed by atoms with Gasteiger partial charge < -0.3 is 10.6 Å². The third-order valence-corrected chi connectivity index (χ3v) is 5.58. The number of alkyl halides is 3. The van der Waals surface area contributed by atoms with Gasteiger partial charge in [0.1, 0.15) is 11.4 Å². The zero-order chi connectivity index (χ0) is 19.2. The number of allylic oxidation sites excluding steroid dienone is 1. The second-order valence-electron chi connectivity index (χ2n) is 5.78. The van der Waals surface area contributed by atoms with Crippen molar-refractivity contribution in [3.8, 4) is 0 Å². The van der Waals surface area contributed by atoms with Crippen LogP contribution in [0.15, 0.2) is 22.6 Å². The highest BCUT2D eigenvalue weighted by Gasteiger charge is 2.42. The monoisotopic (exact) mass is 380 g/mol. The summed E-state index contributed by atoms with van der Waals surface area (Å²) in [5.74, 6) is -2.16. The first kappa shape index (κ1) is 19.2. The minimum atomic E-state index is -4.63. The molecule has 0 aromatic carbocycles. The van der Waals surface area contributed by atoms with Gasteiger partial charge in [-0.15, -0.1) is 0 Å². The first-order valence-corrected chi connectivity index (χ1v) is 8.76. The summed E-state index contributed by atoms with van der Waals surface area (Å²) in [5.41, 5.74) is 5.43. The lowest BCUT2D eigenvalue weighted by atomic mass is 10.1. The van der Waals surface area contributed by atoms with E-state index in [9.17, 15) is 21.6 Å². The Balaban J connectivity index is 2.50. The lowest BCUT2D eigenvalue weighted by Crippen LogP contribution is -2.54. The maximum atomic E-state index is 13.0. The third-order valence-electron chi connectivity index (χ3n) is 3.68. The number of nitrogens with one attached hydrogen (secondary N) is 2. The van der Waals surface area contributed by atoms with Gasteiger partial charge in [-0.1, -0.05) is 0 Å². The molecule has 1 aliphatic rings. The van der Waals surface area contributed by atoms with Crippen molar-refractivity contribution < 1.29 is 21.6 Å². The molecule has 8 nitrogen and oxygen atoms in total. The molecule has 2 heterocycles. The second kappa shape index (κ2) is 6.02. The first-order chi connectivity index (χ1) is 11.3. The molecule has 0 radical (unpaired) electrons. The van der Waals surface area contributed by atoms with Crippen molar-refractivity contribution in [1.29, 1.82) is 0 Å². The van der Waals surface area contributed by atoms with Gasteiger partial charge in [-0.3, -0.25) is 5.73 Å². The van der Waals surface area contributed by atoms with Crippen LogP contribution in [0, 0.1) is 6.92 Å². The summed E-state index contributed by atoms with van der Waals surface area (Å²) in [7, 11) is -2.44. The van der Waals surface area contributed by atoms with Crippen LogP contribution in [0.5, 0.6) is 0 Å². The van der Waals surface area contributed by atoms with Gasteiger partial charge in [-0.05, 0) is 20.8 Å². The Morgan fingerprint density at radius 2 is 2.00 bits per heavy atom. The molecule has 12 heteroatoms. The number of rotatable bonds is 4. The standard InChI is InChI=1S/C13H19F3N6O2S/c1-7(2)25(23,24)22-6-10(8(3)21-22)13(17)19-5-9(12(14,15)16)11(18-4)20-13/h5-7,18,20H,17H2,1-4H3. The van der Waals surface area contributed by atoms with E-state index in [0.717, 1.165) is 10.3 Å². The molecular formula is C13H19F3N6O2S. The van der Waals surface area contributed by atoms with Crippen LogP contribution < -0.4 is 16.4 Å². The summed E-state index contributed by atoms with van der Waals surface area (Å²) < 4.78 is 64.2. The normalized spacial score (nSPS) is 21.6. The molecule has 0 amide bonds. The van der Waals surface area contributed by atoms with E-state index in [0.29, 0.717) is 6.21 Å². The van der Waals surface area contributed by atoms with Gasteiger partial charge in [0.05, 0.1) is 22.7 Å². The van der Waals surface area contributed by atoms with Crippen molar-refractivity contribution in [3.05, 3.63) is 28.8 Å². The van der Waals surface area contributed by atoms with Crippen molar-refractivity contribution in [3.63, 3.8) is 0 Å². The molecule has 0 saturated carbocycles. The van der Waals surface area contributed by atoms with Gasteiger partial charge in [0.15, 0.2) is 0 Å². The molecule has 2 rings (SSSR count). The molecule has 25 heavy (non-hydrogen) atoms. The molecule has 4 N–H and O–H groups in total. The van der Waals surface area contributed by atoms with Gasteiger partial charge in [0, 0.05) is 13.3 Å². The molecule has 0 fully saturated rings. The van der Waals surface area contributed by atoms with Crippen LogP contribution in [0.25, 0.3) is 0 Å². The maximum Gasteiger partial charge on any atom is 0.421 e. The van der Waals surface area contributed by atoms with E-state index in [2.05, 4.69) is 20.7 Å². The van der Waals surface area contributed by atoms with E-state index >= 15 is 0 Å². The zero-order valence-electron chi connectivity index (χ0n) is 14.0. The molecule has 1 atom stereocenters. The van der Waals surface area contributed by atoms with Crippen LogP contribution in [0.4, 0.5) is 13.2 Å². The Kier molecular flexibility index (Phi) is 4.63. The average Bonchev–Trinajstić information content (AvgIpc) is 2.89. The van der Waals surface area contributed by atoms with E-state index in [1.165, 1.54) is 27.8 Å². The number of aryl methyl sites for hydroxylation is 1. The second-order valence-corrected chi connectivity index (χ2v) is 8.13. The minimum absolute atomic E-state index is 0.141. The van der Waals surface area contributed by atoms with E-state index < -0.39 is 32.8 Å². The summed E-state index contributed by atoms with van der Waals surface area (Å²) in [4.78, 5) is 3.75. The van der Waals surface area contributed by atoms with Crippen LogP contribution >= 0.6 is 0 Å². The molecule has 1 unspecified atom stereocenters. The van der Waals surface area contributed by atoms with Gasteiger partial charge in [0.25, 0.3) is 10.0 Å². The minimum Gasteiger partial charge on any atom is -0.374 e.